The summed E-state index contributed by atoms with van der Waals surface area (Å²) in [6, 6.07) is 5.76. The van der Waals surface area contributed by atoms with Gasteiger partial charge in [0.2, 0.25) is 0 Å². The number of carbonyl (C=O) groups is 2. The van der Waals surface area contributed by atoms with E-state index in [1.165, 1.54) is 13.7 Å². The average molecular weight is 1440 g/mol. The minimum atomic E-state index is -4.79. The van der Waals surface area contributed by atoms with Crippen LogP contribution in [0.15, 0.2) is 50.8 Å². The largest absolute Gasteiger partial charge is 0.480 e. The van der Waals surface area contributed by atoms with Crippen LogP contribution in [-0.4, -0.2) is 136 Å². The third kappa shape index (κ3) is 20.5. The molecule has 26 nitrogen and oxygen atoms in total. The fraction of sp³-hybridized carbons (Fsp3) is 0.565. The number of amides is 1. The van der Waals surface area contributed by atoms with Crippen LogP contribution >= 0.6 is 0 Å². The molecule has 0 radical (unpaired) electrons. The van der Waals surface area contributed by atoms with Gasteiger partial charge in [-0.2, -0.15) is 58.8 Å². The van der Waals surface area contributed by atoms with Crippen LogP contribution in [0.2, 0.25) is 0 Å². The van der Waals surface area contributed by atoms with Crippen LogP contribution in [0.25, 0.3) is 17.1 Å². The Bertz CT molecular complexity index is 3800. The number of alkyl halides is 9. The van der Waals surface area contributed by atoms with Crippen molar-refractivity contribution >= 4 is 11.9 Å². The number of rotatable bonds is 23. The Hall–Kier alpha value is -8.77. The highest BCUT2D eigenvalue weighted by molar-refractivity contribution is 5.96. The molecule has 3 unspecified atom stereocenters. The molecule has 3 aromatic heterocycles. The highest BCUT2D eigenvalue weighted by atomic mass is 19.4. The van der Waals surface area contributed by atoms with E-state index in [1.807, 2.05) is 0 Å². The summed E-state index contributed by atoms with van der Waals surface area (Å²) in [5.74, 6) is -7.57. The first-order chi connectivity index (χ1) is 46.2. The molecular formula is C62H77F12N11O15. The van der Waals surface area contributed by atoms with E-state index in [9.17, 15) is 81.8 Å². The van der Waals surface area contributed by atoms with Crippen molar-refractivity contribution in [2.24, 2.45) is 5.73 Å². The predicted molar refractivity (Wildman–Crippen MR) is 328 cm³/mol. The Morgan fingerprint density at radius 3 is 1.12 bits per heavy atom. The van der Waals surface area contributed by atoms with Crippen molar-refractivity contribution < 1.29 is 110 Å². The number of aromatic carboxylic acids is 1. The predicted octanol–water partition coefficient (Wildman–Crippen LogP) is 10.6. The lowest BCUT2D eigenvalue weighted by Gasteiger charge is -2.22. The summed E-state index contributed by atoms with van der Waals surface area (Å²) in [6.07, 6.45) is -15.0. The van der Waals surface area contributed by atoms with Crippen molar-refractivity contribution in [1.29, 1.82) is 5.26 Å². The summed E-state index contributed by atoms with van der Waals surface area (Å²) in [5, 5.41) is 30.7. The van der Waals surface area contributed by atoms with Crippen LogP contribution < -0.4 is 37.0 Å². The molecule has 0 saturated carbocycles. The number of carboxylic acids is 1. The molecule has 3 aromatic carbocycles. The minimum absolute atomic E-state index is 0. The first kappa shape index (κ1) is 81.9. The van der Waals surface area contributed by atoms with E-state index in [0.29, 0.717) is 91.2 Å². The first-order valence-electron chi connectivity index (χ1n) is 30.6. The SMILES string of the molecule is C.C.CCn1c(COC2CCCCO2)nn(-c2cc(O[C@@H](C)C(F)(F)F)c(C#N)cc2F)c1=O.CCn1c(COC2CCCCO2)nn(-c2cc(O[C@@H](C)C(F)(F)F)c(C(=O)O)cc2F)c1=O.CCn1c(COC2CCCCO2)nn(-c2cc(O[C@@H](C)C(F)(F)F)c(C(N)=O)cc2F)c1=O. The maximum Gasteiger partial charge on any atom is 0.425 e. The van der Waals surface area contributed by atoms with Gasteiger partial charge in [-0.05, 0) is 118 Å². The number of primary amides is 1. The molecule has 38 heteroatoms. The van der Waals surface area contributed by atoms with Gasteiger partial charge in [-0.3, -0.25) is 18.5 Å². The molecule has 6 heterocycles. The van der Waals surface area contributed by atoms with Crippen molar-refractivity contribution in [3.05, 3.63) is 119 Å². The van der Waals surface area contributed by atoms with Crippen LogP contribution in [-0.2, 0) is 67.9 Å². The molecule has 554 valence electrons. The third-order valence-electron chi connectivity index (χ3n) is 15.1. The van der Waals surface area contributed by atoms with Gasteiger partial charge in [-0.1, -0.05) is 14.9 Å². The Labute approximate surface area is 563 Å². The number of aromatic nitrogens is 9. The van der Waals surface area contributed by atoms with Gasteiger partial charge in [0.15, 0.2) is 60.5 Å². The Morgan fingerprint density at radius 1 is 0.540 bits per heavy atom. The van der Waals surface area contributed by atoms with E-state index in [0.717, 1.165) is 57.6 Å². The van der Waals surface area contributed by atoms with Gasteiger partial charge >= 0.3 is 41.6 Å². The molecule has 100 heavy (non-hydrogen) atoms. The van der Waals surface area contributed by atoms with Crippen molar-refractivity contribution in [2.45, 2.75) is 209 Å². The Kier molecular flexibility index (Phi) is 29.1. The molecule has 3 aliphatic rings. The van der Waals surface area contributed by atoms with E-state index in [4.69, 9.17) is 53.6 Å². The number of halogens is 12. The van der Waals surface area contributed by atoms with Gasteiger partial charge in [0.05, 0.1) is 11.1 Å². The number of carboxylic acid groups (broad SMARTS) is 1. The second-order valence-electron chi connectivity index (χ2n) is 22.0. The van der Waals surface area contributed by atoms with Crippen LogP contribution in [0.1, 0.15) is 158 Å². The van der Waals surface area contributed by atoms with Crippen molar-refractivity contribution in [1.82, 2.24) is 43.0 Å². The second-order valence-corrected chi connectivity index (χ2v) is 22.0. The van der Waals surface area contributed by atoms with Crippen LogP contribution in [0, 0.1) is 28.8 Å². The van der Waals surface area contributed by atoms with Gasteiger partial charge in [0, 0.05) is 57.7 Å². The first-order valence-corrected chi connectivity index (χ1v) is 30.6. The Balaban J connectivity index is 0.000000268. The van der Waals surface area contributed by atoms with E-state index >= 15 is 0 Å². The molecule has 6 atom stereocenters. The van der Waals surface area contributed by atoms with Gasteiger partial charge in [-0.15, -0.1) is 15.3 Å². The molecule has 1 amide bonds. The highest BCUT2D eigenvalue weighted by Gasteiger charge is 2.41. The van der Waals surface area contributed by atoms with E-state index in [2.05, 4.69) is 15.3 Å². The van der Waals surface area contributed by atoms with Crippen LogP contribution in [0.4, 0.5) is 52.7 Å². The normalized spacial score (nSPS) is 17.4. The minimum Gasteiger partial charge on any atom is -0.480 e. The summed E-state index contributed by atoms with van der Waals surface area (Å²) in [4.78, 5) is 61.5. The quantitative estimate of drug-likeness (QED) is 0.0563. The molecule has 3 aliphatic heterocycles. The molecule has 3 saturated heterocycles. The molecule has 3 fully saturated rings. The highest BCUT2D eigenvalue weighted by Crippen LogP contribution is 2.34. The number of hydrogen-bond acceptors (Lipinski definition) is 18. The zero-order valence-electron chi connectivity index (χ0n) is 53.4. The lowest BCUT2D eigenvalue weighted by Crippen LogP contribution is -2.32. The molecule has 0 aliphatic carbocycles. The summed E-state index contributed by atoms with van der Waals surface area (Å²) in [6.45, 7) is 9.05. The number of nitrogens with zero attached hydrogens (tertiary/aromatic N) is 10. The molecule has 9 rings (SSSR count). The van der Waals surface area contributed by atoms with E-state index < -0.39 is 153 Å². The van der Waals surface area contributed by atoms with Gasteiger partial charge in [0.1, 0.15) is 77.4 Å². The maximum absolute atomic E-state index is 14.8. The smallest absolute Gasteiger partial charge is 0.425 e. The lowest BCUT2D eigenvalue weighted by molar-refractivity contribution is -0.189. The summed E-state index contributed by atoms with van der Waals surface area (Å²) in [5.41, 5.74) is -0.455. The summed E-state index contributed by atoms with van der Waals surface area (Å²) >= 11 is 0. The Morgan fingerprint density at radius 2 is 0.840 bits per heavy atom. The fourth-order valence-corrected chi connectivity index (χ4v) is 9.71. The third-order valence-corrected chi connectivity index (χ3v) is 15.1. The molecule has 6 aromatic rings. The maximum atomic E-state index is 14.8. The lowest BCUT2D eigenvalue weighted by atomic mass is 10.1. The van der Waals surface area contributed by atoms with Crippen LogP contribution in [0.3, 0.4) is 0 Å². The average Bonchev–Trinajstić information content (AvgIpc) is 1.57. The number of nitriles is 1. The zero-order chi connectivity index (χ0) is 72.1. The standard InChI is InChI=1S/C20H24F4N4O5.C20H22F4N4O4.C20H23F4N3O6.2CH4/c1-3-27-16(10-32-17-6-4-5-7-31-17)26-28(19(27)30)14-9-15(33-11(2)20(22,23)24)12(18(25)29)8-13(14)21;1-3-27-17(11-31-18-6-4-5-7-30-18)26-28(19(27)29)15-9-16(13(10-25)8-14(15)21)32-12(2)20(22,23)24;1-3-26-16(10-32-17-6-4-5-7-31-17)25-27(19(26)30)14-9-15(33-11(2)20(22,23)24)12(18(28)29)8-13(14)21;;/h8-9,11,17H,3-7,10H2,1-2H3,(H2,25,29);8-9,12,18H,3-7,11H2,1-2H3;8-9,11,17H,3-7,10H2,1-2H3,(H,28,29);2*1H4/t11-,17?;12-,18?;11-,17?;;/m000../s1. The van der Waals surface area contributed by atoms with Crippen molar-refractivity contribution in [2.75, 3.05) is 19.8 Å². The number of carbonyl (C=O) groups excluding carboxylic acids is 1. The van der Waals surface area contributed by atoms with E-state index in [1.54, 1.807) is 26.8 Å². The monoisotopic (exact) mass is 1440 g/mol. The molecule has 0 bridgehead atoms. The number of benzene rings is 3. The van der Waals surface area contributed by atoms with Crippen molar-refractivity contribution in [3.63, 3.8) is 0 Å². The van der Waals surface area contributed by atoms with Crippen molar-refractivity contribution in [3.8, 4) is 40.4 Å². The number of ether oxygens (including phenoxy) is 9. The zero-order valence-corrected chi connectivity index (χ0v) is 53.4. The van der Waals surface area contributed by atoms with E-state index in [-0.39, 0.29) is 71.8 Å². The topological polar surface area (TPSA) is 307 Å². The fourth-order valence-electron chi connectivity index (χ4n) is 9.71. The van der Waals surface area contributed by atoms with Crippen LogP contribution in [0.5, 0.6) is 17.2 Å². The molecule has 3 N–H and O–H groups in total. The summed E-state index contributed by atoms with van der Waals surface area (Å²) < 4.78 is 214. The molecule has 0 spiro atoms. The van der Waals surface area contributed by atoms with Gasteiger partial charge in [-0.25, -0.2) is 32.3 Å². The second kappa shape index (κ2) is 35.5. The number of nitrogens with two attached hydrogens (primary N) is 1. The summed E-state index contributed by atoms with van der Waals surface area (Å²) in [7, 11) is 0. The van der Waals surface area contributed by atoms with Gasteiger partial charge in [0.25, 0.3) is 5.91 Å². The number of hydrogen-bond donors (Lipinski definition) is 2. The molecular weight excluding hydrogens is 1370 g/mol. The van der Waals surface area contributed by atoms with Gasteiger partial charge < -0.3 is 53.5 Å².